The van der Waals surface area contributed by atoms with Crippen LogP contribution in [0.2, 0.25) is 0 Å². The van der Waals surface area contributed by atoms with Crippen molar-refractivity contribution in [1.82, 2.24) is 0 Å². The molecule has 3 rings (SSSR count). The summed E-state index contributed by atoms with van der Waals surface area (Å²) in [5.74, 6) is 0.500. The van der Waals surface area contributed by atoms with Crippen LogP contribution in [0.25, 0.3) is 0 Å². The summed E-state index contributed by atoms with van der Waals surface area (Å²) in [6, 6.07) is 12.8. The number of ether oxygens (including phenoxy) is 1. The van der Waals surface area contributed by atoms with Crippen LogP contribution in [0.15, 0.2) is 42.5 Å². The number of benzene rings is 2. The molecule has 2 N–H and O–H groups in total. The molecule has 0 radical (unpaired) electrons. The van der Waals surface area contributed by atoms with Crippen LogP contribution in [0.1, 0.15) is 35.6 Å². The standard InChI is InChI=1S/C18H20FNO/c19-17-8-4-3-7-16(17)18(12-20)21-15-10-9-13-5-1-2-6-14(13)11-15/h3-4,7-11,18H,1-2,5-6,12,20H2. The van der Waals surface area contributed by atoms with Crippen molar-refractivity contribution in [3.05, 3.63) is 65.0 Å². The number of aryl methyl sites for hydroxylation is 2. The van der Waals surface area contributed by atoms with Crippen molar-refractivity contribution in [2.24, 2.45) is 5.73 Å². The lowest BCUT2D eigenvalue weighted by molar-refractivity contribution is 0.208. The molecule has 0 aliphatic heterocycles. The van der Waals surface area contributed by atoms with Crippen molar-refractivity contribution in [1.29, 1.82) is 0 Å². The third-order valence-electron chi connectivity index (χ3n) is 4.06. The molecule has 0 saturated heterocycles. The molecule has 0 aromatic heterocycles. The first-order valence-electron chi connectivity index (χ1n) is 7.51. The molecule has 1 atom stereocenters. The minimum Gasteiger partial charge on any atom is -0.484 e. The van der Waals surface area contributed by atoms with Gasteiger partial charge in [-0.15, -0.1) is 0 Å². The fourth-order valence-electron chi connectivity index (χ4n) is 2.92. The Morgan fingerprint density at radius 2 is 1.81 bits per heavy atom. The highest BCUT2D eigenvalue weighted by Crippen LogP contribution is 2.28. The molecule has 0 heterocycles. The maximum Gasteiger partial charge on any atom is 0.139 e. The van der Waals surface area contributed by atoms with Crippen LogP contribution >= 0.6 is 0 Å². The smallest absolute Gasteiger partial charge is 0.139 e. The van der Waals surface area contributed by atoms with Gasteiger partial charge in [0, 0.05) is 12.1 Å². The van der Waals surface area contributed by atoms with Crippen molar-refractivity contribution >= 4 is 0 Å². The summed E-state index contributed by atoms with van der Waals surface area (Å²) in [6.07, 6.45) is 4.27. The molecule has 1 aliphatic rings. The largest absolute Gasteiger partial charge is 0.484 e. The van der Waals surface area contributed by atoms with E-state index >= 15 is 0 Å². The van der Waals surface area contributed by atoms with Gasteiger partial charge in [-0.2, -0.15) is 0 Å². The van der Waals surface area contributed by atoms with E-state index in [2.05, 4.69) is 12.1 Å². The molecule has 0 spiro atoms. The van der Waals surface area contributed by atoms with Crippen LogP contribution in [0.4, 0.5) is 4.39 Å². The van der Waals surface area contributed by atoms with Gasteiger partial charge in [-0.25, -0.2) is 4.39 Å². The third-order valence-corrected chi connectivity index (χ3v) is 4.06. The van der Waals surface area contributed by atoms with Crippen LogP contribution in [0, 0.1) is 5.82 Å². The topological polar surface area (TPSA) is 35.2 Å². The zero-order chi connectivity index (χ0) is 14.7. The van der Waals surface area contributed by atoms with Crippen molar-refractivity contribution in [3.63, 3.8) is 0 Å². The molecular weight excluding hydrogens is 265 g/mol. The van der Waals surface area contributed by atoms with E-state index < -0.39 is 6.10 Å². The first kappa shape index (κ1) is 14.1. The number of hydrogen-bond acceptors (Lipinski definition) is 2. The highest BCUT2D eigenvalue weighted by atomic mass is 19.1. The Kier molecular flexibility index (Phi) is 4.20. The Hall–Kier alpha value is -1.87. The van der Waals surface area contributed by atoms with E-state index in [1.165, 1.54) is 30.0 Å². The van der Waals surface area contributed by atoms with Crippen molar-refractivity contribution in [3.8, 4) is 5.75 Å². The molecule has 0 bridgehead atoms. The lowest BCUT2D eigenvalue weighted by Crippen LogP contribution is -2.19. The lowest BCUT2D eigenvalue weighted by Gasteiger charge is -2.21. The van der Waals surface area contributed by atoms with Crippen molar-refractivity contribution in [2.45, 2.75) is 31.8 Å². The van der Waals surface area contributed by atoms with Gasteiger partial charge in [-0.3, -0.25) is 0 Å². The molecule has 110 valence electrons. The molecule has 2 aromatic carbocycles. The van der Waals surface area contributed by atoms with Gasteiger partial charge in [-0.1, -0.05) is 24.3 Å². The number of nitrogens with two attached hydrogens (primary N) is 1. The monoisotopic (exact) mass is 285 g/mol. The number of halogens is 1. The SMILES string of the molecule is NCC(Oc1ccc2c(c1)CCCC2)c1ccccc1F. The Bertz CT molecular complexity index is 626. The van der Waals surface area contributed by atoms with Crippen LogP contribution in [-0.4, -0.2) is 6.54 Å². The first-order chi connectivity index (χ1) is 10.3. The van der Waals surface area contributed by atoms with E-state index in [1.807, 2.05) is 6.07 Å². The highest BCUT2D eigenvalue weighted by Gasteiger charge is 2.17. The van der Waals surface area contributed by atoms with E-state index in [0.29, 0.717) is 5.56 Å². The van der Waals surface area contributed by atoms with Crippen LogP contribution < -0.4 is 10.5 Å². The van der Waals surface area contributed by atoms with Gasteiger partial charge in [-0.05, 0) is 55.0 Å². The predicted octanol–water partition coefficient (Wildman–Crippen LogP) is 3.78. The van der Waals surface area contributed by atoms with Crippen molar-refractivity contribution in [2.75, 3.05) is 6.54 Å². The molecule has 1 aliphatic carbocycles. The normalized spacial score (nSPS) is 15.3. The number of hydrogen-bond donors (Lipinski definition) is 1. The maximum absolute atomic E-state index is 13.9. The lowest BCUT2D eigenvalue weighted by atomic mass is 9.92. The summed E-state index contributed by atoms with van der Waals surface area (Å²) >= 11 is 0. The Balaban J connectivity index is 1.83. The predicted molar refractivity (Wildman–Crippen MR) is 81.9 cm³/mol. The minimum atomic E-state index is -0.451. The van der Waals surface area contributed by atoms with Gasteiger partial charge < -0.3 is 10.5 Å². The second kappa shape index (κ2) is 6.27. The van der Waals surface area contributed by atoms with E-state index in [4.69, 9.17) is 10.5 Å². The van der Waals surface area contributed by atoms with E-state index in [0.717, 1.165) is 18.6 Å². The maximum atomic E-state index is 13.9. The number of rotatable bonds is 4. The van der Waals surface area contributed by atoms with E-state index in [-0.39, 0.29) is 12.4 Å². The molecule has 0 amide bonds. The van der Waals surface area contributed by atoms with Crippen LogP contribution in [0.5, 0.6) is 5.75 Å². The van der Waals surface area contributed by atoms with Crippen LogP contribution in [-0.2, 0) is 12.8 Å². The molecule has 1 unspecified atom stereocenters. The first-order valence-corrected chi connectivity index (χ1v) is 7.51. The Morgan fingerprint density at radius 1 is 1.05 bits per heavy atom. The van der Waals surface area contributed by atoms with Gasteiger partial charge in [0.2, 0.25) is 0 Å². The second-order valence-electron chi connectivity index (χ2n) is 5.50. The van der Waals surface area contributed by atoms with Gasteiger partial charge in [0.05, 0.1) is 0 Å². The summed E-state index contributed by atoms with van der Waals surface area (Å²) in [6.45, 7) is 0.248. The van der Waals surface area contributed by atoms with E-state index in [9.17, 15) is 4.39 Å². The van der Waals surface area contributed by atoms with Gasteiger partial charge in [0.25, 0.3) is 0 Å². The Labute approximate surface area is 124 Å². The fourth-order valence-corrected chi connectivity index (χ4v) is 2.92. The summed E-state index contributed by atoms with van der Waals surface area (Å²) < 4.78 is 19.8. The van der Waals surface area contributed by atoms with Gasteiger partial charge in [0.15, 0.2) is 0 Å². The number of fused-ring (bicyclic) bond motifs is 1. The van der Waals surface area contributed by atoms with Gasteiger partial charge >= 0.3 is 0 Å². The molecule has 3 heteroatoms. The average Bonchev–Trinajstić information content (AvgIpc) is 2.53. The summed E-state index contributed by atoms with van der Waals surface area (Å²) in [5.41, 5.74) is 9.04. The highest BCUT2D eigenvalue weighted by molar-refractivity contribution is 5.37. The third kappa shape index (κ3) is 3.08. The summed E-state index contributed by atoms with van der Waals surface area (Å²) in [5, 5.41) is 0. The average molecular weight is 285 g/mol. The Morgan fingerprint density at radius 3 is 2.57 bits per heavy atom. The molecule has 2 aromatic rings. The zero-order valence-corrected chi connectivity index (χ0v) is 12.0. The molecule has 0 fully saturated rings. The van der Waals surface area contributed by atoms with Crippen LogP contribution in [0.3, 0.4) is 0 Å². The molecule has 2 nitrogen and oxygen atoms in total. The minimum absolute atomic E-state index is 0.248. The zero-order valence-electron chi connectivity index (χ0n) is 12.0. The molecular formula is C18H20FNO. The quantitative estimate of drug-likeness (QED) is 0.927. The second-order valence-corrected chi connectivity index (χ2v) is 5.50. The summed E-state index contributed by atoms with van der Waals surface area (Å²) in [4.78, 5) is 0. The summed E-state index contributed by atoms with van der Waals surface area (Å²) in [7, 11) is 0. The molecule has 0 saturated carbocycles. The van der Waals surface area contributed by atoms with Gasteiger partial charge in [0.1, 0.15) is 17.7 Å². The van der Waals surface area contributed by atoms with E-state index in [1.54, 1.807) is 18.2 Å². The fraction of sp³-hybridized carbons (Fsp3) is 0.333. The van der Waals surface area contributed by atoms with Crippen molar-refractivity contribution < 1.29 is 9.13 Å². The molecule has 21 heavy (non-hydrogen) atoms.